The summed E-state index contributed by atoms with van der Waals surface area (Å²) in [5.74, 6) is 0. The van der Waals surface area contributed by atoms with Crippen LogP contribution in [-0.2, 0) is 20.4 Å². The number of unbranched alkanes of at least 4 members (excludes halogenated alkanes) is 1. The van der Waals surface area contributed by atoms with Gasteiger partial charge in [0.2, 0.25) is 0 Å². The summed E-state index contributed by atoms with van der Waals surface area (Å²) in [5, 5.41) is 3.56. The van der Waals surface area contributed by atoms with Gasteiger partial charge in [0.1, 0.15) is 0 Å². The molecule has 0 aromatic heterocycles. The van der Waals surface area contributed by atoms with Gasteiger partial charge >= 0.3 is 175 Å². The van der Waals surface area contributed by atoms with Crippen LogP contribution < -0.4 is 42.4 Å². The number of allylic oxidation sites excluding steroid dienone is 4. The largest absolute Gasteiger partial charge is 1.00 e. The first-order valence-electron chi connectivity index (χ1n) is 10.4. The Morgan fingerprint density at radius 3 is 1.76 bits per heavy atom. The van der Waals surface area contributed by atoms with Crippen LogP contribution in [0.3, 0.4) is 0 Å². The maximum absolute atomic E-state index is 2.68. The van der Waals surface area contributed by atoms with Gasteiger partial charge in [0.05, 0.1) is 0 Å². The van der Waals surface area contributed by atoms with Crippen LogP contribution in [0.25, 0.3) is 0 Å². The van der Waals surface area contributed by atoms with Gasteiger partial charge in [-0.15, -0.1) is 0 Å². The van der Waals surface area contributed by atoms with Crippen LogP contribution >= 0.6 is 0 Å². The molecule has 1 atom stereocenters. The van der Waals surface area contributed by atoms with Gasteiger partial charge in [0.15, 0.2) is 0 Å². The normalized spacial score (nSPS) is 15.2. The first kappa shape index (κ1) is 31.7. The van der Waals surface area contributed by atoms with Crippen molar-refractivity contribution in [3.05, 3.63) is 48.5 Å². The fraction of sp³-hybridized carbons (Fsp3) is 0.583. The molecule has 0 radical (unpaired) electrons. The summed E-state index contributed by atoms with van der Waals surface area (Å²) in [4.78, 5) is 0. The minimum absolute atomic E-state index is 0. The van der Waals surface area contributed by atoms with Crippen LogP contribution in [0.2, 0.25) is 12.6 Å². The molecule has 0 aliphatic heterocycles. The number of hydrogen-bond acceptors (Lipinski definition) is 0. The maximum Gasteiger partial charge on any atom is -1.00 e. The van der Waals surface area contributed by atoms with Crippen LogP contribution in [0.1, 0.15) is 73.8 Å². The molecule has 0 N–H and O–H groups in total. The van der Waals surface area contributed by atoms with Crippen LogP contribution in [-0.4, -0.2) is 8.07 Å². The molecule has 1 aliphatic carbocycles. The van der Waals surface area contributed by atoms with E-state index in [9.17, 15) is 0 Å². The summed E-state index contributed by atoms with van der Waals surface area (Å²) < 4.78 is 1.66. The predicted molar refractivity (Wildman–Crippen MR) is 116 cm³/mol. The summed E-state index contributed by atoms with van der Waals surface area (Å²) in [6.45, 7) is 19.1. The van der Waals surface area contributed by atoms with E-state index in [1.165, 1.54) is 54.8 Å². The quantitative estimate of drug-likeness (QED) is 0.368. The van der Waals surface area contributed by atoms with Gasteiger partial charge in [-0.25, -0.2) is 0 Å². The zero-order valence-electron chi connectivity index (χ0n) is 19.5. The second kappa shape index (κ2) is 13.1. The minimum atomic E-state index is -1.74. The summed E-state index contributed by atoms with van der Waals surface area (Å²) in [6.07, 6.45) is 8.88. The van der Waals surface area contributed by atoms with Crippen molar-refractivity contribution in [3.63, 3.8) is 0 Å². The smallest absolute Gasteiger partial charge is 1.00 e. The standard InChI is InChI=1S/C24H37Si.3ClH.Ti/c1-9-11-16-25(8,23-15-12-14-22(23)13-10-2)24-20(6)18(4)17(3)19(5)21(24)7;;;;/h14H,9-13,16H2,1-8H3;3*1H;/q;;;;+3/p-3. The molecule has 1 aromatic carbocycles. The van der Waals surface area contributed by atoms with Crippen molar-refractivity contribution in [2.75, 3.05) is 0 Å². The Morgan fingerprint density at radius 1 is 0.828 bits per heavy atom. The number of hydrogen-bond donors (Lipinski definition) is 0. The van der Waals surface area contributed by atoms with E-state index in [0.29, 0.717) is 0 Å². The fourth-order valence-electron chi connectivity index (χ4n) is 5.04. The van der Waals surface area contributed by atoms with E-state index in [0.717, 1.165) is 0 Å². The average molecular weight is 508 g/mol. The van der Waals surface area contributed by atoms with E-state index < -0.39 is 8.07 Å². The van der Waals surface area contributed by atoms with Crippen molar-refractivity contribution in [1.82, 2.24) is 0 Å². The molecule has 0 amide bonds. The first-order chi connectivity index (χ1) is 12.2. The Hall–Kier alpha value is 0.501. The molecule has 29 heavy (non-hydrogen) atoms. The fourth-order valence-corrected chi connectivity index (χ4v) is 12.3. The van der Waals surface area contributed by atoms with Crippen LogP contribution in [0.5, 0.6) is 0 Å². The molecule has 0 bridgehead atoms. The molecular weight excluding hydrogens is 471 g/mol. The molecule has 162 valence electrons. The molecule has 0 spiro atoms. The average Bonchev–Trinajstić information content (AvgIpc) is 2.98. The van der Waals surface area contributed by atoms with Crippen molar-refractivity contribution in [2.45, 2.75) is 93.2 Å². The third-order valence-corrected chi connectivity index (χ3v) is 12.9. The van der Waals surface area contributed by atoms with Gasteiger partial charge in [-0.3, -0.25) is 0 Å². The molecule has 0 fully saturated rings. The van der Waals surface area contributed by atoms with Crippen molar-refractivity contribution >= 4 is 13.3 Å². The van der Waals surface area contributed by atoms with E-state index >= 15 is 0 Å². The summed E-state index contributed by atoms with van der Waals surface area (Å²) in [5.41, 5.74) is 9.39. The Morgan fingerprint density at radius 2 is 1.31 bits per heavy atom. The molecule has 0 heterocycles. The van der Waals surface area contributed by atoms with Crippen molar-refractivity contribution in [2.24, 2.45) is 0 Å². The second-order valence-electron chi connectivity index (χ2n) is 8.47. The second-order valence-corrected chi connectivity index (χ2v) is 13.6. The molecule has 1 aliphatic rings. The van der Waals surface area contributed by atoms with E-state index in [1.54, 1.807) is 25.8 Å². The third kappa shape index (κ3) is 6.05. The predicted octanol–water partition coefficient (Wildman–Crippen LogP) is -2.20. The van der Waals surface area contributed by atoms with E-state index in [-0.39, 0.29) is 37.2 Å². The Bertz CT molecular complexity index is 739. The molecule has 5 heteroatoms. The van der Waals surface area contributed by atoms with E-state index in [4.69, 9.17) is 0 Å². The van der Waals surface area contributed by atoms with Crippen LogP contribution in [0.15, 0.2) is 20.7 Å². The molecule has 0 saturated heterocycles. The molecule has 0 saturated carbocycles. The number of benzene rings is 1. The van der Waals surface area contributed by atoms with Gasteiger partial charge in [0.25, 0.3) is 0 Å². The van der Waals surface area contributed by atoms with Gasteiger partial charge in [-0.1, -0.05) is 0 Å². The third-order valence-electron chi connectivity index (χ3n) is 6.83. The zero-order valence-corrected chi connectivity index (χ0v) is 24.3. The molecule has 0 nitrogen and oxygen atoms in total. The van der Waals surface area contributed by atoms with Gasteiger partial charge in [0, 0.05) is 0 Å². The Balaban J connectivity index is 0. The minimum Gasteiger partial charge on any atom is -1.00 e. The van der Waals surface area contributed by atoms with E-state index in [1.807, 2.05) is 5.20 Å². The van der Waals surface area contributed by atoms with Gasteiger partial charge in [-0.2, -0.15) is 0 Å². The van der Waals surface area contributed by atoms with Crippen molar-refractivity contribution < 1.29 is 57.7 Å². The van der Waals surface area contributed by atoms with Crippen molar-refractivity contribution in [3.8, 4) is 0 Å². The Kier molecular flexibility index (Phi) is 14.4. The van der Waals surface area contributed by atoms with Gasteiger partial charge < -0.3 is 37.2 Å². The molecular formula is C24H37Cl3SiTi. The first-order valence-corrected chi connectivity index (χ1v) is 13.9. The molecule has 2 rings (SSSR count). The monoisotopic (exact) mass is 506 g/mol. The summed E-state index contributed by atoms with van der Waals surface area (Å²) >= 11 is 2.41. The van der Waals surface area contributed by atoms with Gasteiger partial charge in [-0.05, 0) is 0 Å². The molecule has 1 unspecified atom stereocenters. The van der Waals surface area contributed by atoms with E-state index in [2.05, 4.69) is 81.5 Å². The SMILES string of the molecule is CCCC[Si](C)(C1=[C]([Ti+3])CC=C1CCC)c1c(C)c(C)c(C)c(C)c1C.[Cl-].[Cl-].[Cl-]. The zero-order chi connectivity index (χ0) is 19.6. The maximum atomic E-state index is 2.68. The Labute approximate surface area is 211 Å². The molecule has 1 aromatic rings. The topological polar surface area (TPSA) is 0 Å². The number of halogens is 3. The van der Waals surface area contributed by atoms with Crippen LogP contribution in [0, 0.1) is 34.6 Å². The van der Waals surface area contributed by atoms with Crippen LogP contribution in [0.4, 0.5) is 0 Å². The number of rotatable bonds is 7. The van der Waals surface area contributed by atoms with Crippen molar-refractivity contribution in [1.29, 1.82) is 0 Å². The summed E-state index contributed by atoms with van der Waals surface area (Å²) in [6, 6.07) is 1.39. The summed E-state index contributed by atoms with van der Waals surface area (Å²) in [7, 11) is -1.74.